The Kier molecular flexibility index (Phi) is 4.60. The molecule has 2 saturated heterocycles. The van der Waals surface area contributed by atoms with Crippen LogP contribution >= 0.6 is 0 Å². The van der Waals surface area contributed by atoms with Gasteiger partial charge in [-0.15, -0.1) is 0 Å². The number of aliphatic hydroxyl groups is 1. The van der Waals surface area contributed by atoms with Crippen LogP contribution < -0.4 is 10.0 Å². The van der Waals surface area contributed by atoms with E-state index in [2.05, 4.69) is 10.0 Å². The number of hydrogen-bond donors (Lipinski definition) is 3. The summed E-state index contributed by atoms with van der Waals surface area (Å²) in [4.78, 5) is 0. The van der Waals surface area contributed by atoms with Crippen LogP contribution in [0.1, 0.15) is 32.1 Å². The van der Waals surface area contributed by atoms with Crippen LogP contribution in [0.2, 0.25) is 0 Å². The molecule has 0 amide bonds. The first-order valence-electron chi connectivity index (χ1n) is 6.70. The lowest BCUT2D eigenvalue weighted by atomic mass is 10.1. The van der Waals surface area contributed by atoms with E-state index in [-0.39, 0.29) is 6.54 Å². The standard InChI is InChI=1S/C11H23N3O3S/c15-11(5-6-12-9-11)10-13-18(16,17)14-7-3-1-2-4-8-14/h12-13,15H,1-10H2. The number of hydrogen-bond acceptors (Lipinski definition) is 4. The number of rotatable bonds is 4. The second-order valence-corrected chi connectivity index (χ2v) is 7.05. The topological polar surface area (TPSA) is 81.7 Å². The molecule has 2 fully saturated rings. The number of nitrogens with one attached hydrogen (secondary N) is 2. The molecule has 6 nitrogen and oxygen atoms in total. The largest absolute Gasteiger partial charge is 0.387 e. The van der Waals surface area contributed by atoms with Gasteiger partial charge in [0, 0.05) is 26.2 Å². The maximum atomic E-state index is 12.1. The molecule has 2 aliphatic rings. The van der Waals surface area contributed by atoms with Crippen molar-refractivity contribution < 1.29 is 13.5 Å². The van der Waals surface area contributed by atoms with Crippen molar-refractivity contribution in [3.63, 3.8) is 0 Å². The Morgan fingerprint density at radius 3 is 2.44 bits per heavy atom. The van der Waals surface area contributed by atoms with Gasteiger partial charge >= 0.3 is 0 Å². The minimum atomic E-state index is -3.44. The highest BCUT2D eigenvalue weighted by atomic mass is 32.2. The third-order valence-corrected chi connectivity index (χ3v) is 5.26. The van der Waals surface area contributed by atoms with Crippen molar-refractivity contribution in [2.75, 3.05) is 32.7 Å². The fraction of sp³-hybridized carbons (Fsp3) is 1.00. The van der Waals surface area contributed by atoms with E-state index in [9.17, 15) is 13.5 Å². The fourth-order valence-electron chi connectivity index (χ4n) is 2.48. The van der Waals surface area contributed by atoms with Crippen LogP contribution in [0.5, 0.6) is 0 Å². The van der Waals surface area contributed by atoms with Gasteiger partial charge in [0.05, 0.1) is 5.60 Å². The monoisotopic (exact) mass is 277 g/mol. The summed E-state index contributed by atoms with van der Waals surface area (Å²) in [6.45, 7) is 2.47. The van der Waals surface area contributed by atoms with Gasteiger partial charge in [-0.2, -0.15) is 17.4 Å². The maximum Gasteiger partial charge on any atom is 0.279 e. The molecule has 3 N–H and O–H groups in total. The molecule has 0 bridgehead atoms. The molecule has 1 atom stereocenters. The molecular weight excluding hydrogens is 254 g/mol. The van der Waals surface area contributed by atoms with Gasteiger partial charge in [-0.3, -0.25) is 0 Å². The molecule has 2 rings (SSSR count). The average molecular weight is 277 g/mol. The van der Waals surface area contributed by atoms with Gasteiger partial charge in [-0.1, -0.05) is 12.8 Å². The molecule has 0 spiro atoms. The smallest absolute Gasteiger partial charge is 0.279 e. The maximum absolute atomic E-state index is 12.1. The van der Waals surface area contributed by atoms with E-state index < -0.39 is 15.8 Å². The summed E-state index contributed by atoms with van der Waals surface area (Å²) < 4.78 is 28.3. The first-order chi connectivity index (χ1) is 8.52. The van der Waals surface area contributed by atoms with Crippen molar-refractivity contribution in [2.24, 2.45) is 0 Å². The Morgan fingerprint density at radius 2 is 1.89 bits per heavy atom. The quantitative estimate of drug-likeness (QED) is 0.642. The highest BCUT2D eigenvalue weighted by molar-refractivity contribution is 7.87. The summed E-state index contributed by atoms with van der Waals surface area (Å²) >= 11 is 0. The Labute approximate surface area is 109 Å². The van der Waals surface area contributed by atoms with Crippen molar-refractivity contribution in [1.29, 1.82) is 0 Å². The second-order valence-electron chi connectivity index (χ2n) is 5.29. The Balaban J connectivity index is 1.89. The molecule has 0 radical (unpaired) electrons. The summed E-state index contributed by atoms with van der Waals surface area (Å²) in [6.07, 6.45) is 4.63. The molecule has 0 aromatic heterocycles. The lowest BCUT2D eigenvalue weighted by Crippen LogP contribution is -2.49. The molecule has 0 saturated carbocycles. The molecule has 0 aromatic rings. The van der Waals surface area contributed by atoms with E-state index in [0.29, 0.717) is 26.1 Å². The highest BCUT2D eigenvalue weighted by Crippen LogP contribution is 2.15. The summed E-state index contributed by atoms with van der Waals surface area (Å²) in [5.74, 6) is 0. The summed E-state index contributed by atoms with van der Waals surface area (Å²) in [7, 11) is -3.44. The zero-order valence-electron chi connectivity index (χ0n) is 10.7. The van der Waals surface area contributed by atoms with Gasteiger partial charge in [0.1, 0.15) is 0 Å². The van der Waals surface area contributed by atoms with Crippen molar-refractivity contribution in [3.8, 4) is 0 Å². The molecule has 0 aliphatic carbocycles. The van der Waals surface area contributed by atoms with E-state index in [4.69, 9.17) is 0 Å². The zero-order chi connectivity index (χ0) is 13.1. The van der Waals surface area contributed by atoms with Crippen LogP contribution in [0, 0.1) is 0 Å². The van der Waals surface area contributed by atoms with Crippen molar-refractivity contribution >= 4 is 10.2 Å². The van der Waals surface area contributed by atoms with Crippen LogP contribution in [0.4, 0.5) is 0 Å². The van der Waals surface area contributed by atoms with Crippen LogP contribution in [-0.4, -0.2) is 56.2 Å². The Hall–Kier alpha value is -0.210. The van der Waals surface area contributed by atoms with Gasteiger partial charge in [0.2, 0.25) is 0 Å². The van der Waals surface area contributed by atoms with Crippen LogP contribution in [-0.2, 0) is 10.2 Å². The minimum absolute atomic E-state index is 0.0961. The summed E-state index contributed by atoms with van der Waals surface area (Å²) in [5.41, 5.74) is -0.932. The Bertz CT molecular complexity index is 358. The van der Waals surface area contributed by atoms with E-state index in [1.54, 1.807) is 0 Å². The average Bonchev–Trinajstić information content (AvgIpc) is 2.61. The first kappa shape index (κ1) is 14.2. The fourth-order valence-corrected chi connectivity index (χ4v) is 3.85. The van der Waals surface area contributed by atoms with Crippen LogP contribution in [0.3, 0.4) is 0 Å². The molecule has 2 aliphatic heterocycles. The molecule has 18 heavy (non-hydrogen) atoms. The van der Waals surface area contributed by atoms with Gasteiger partial charge in [-0.25, -0.2) is 0 Å². The molecule has 7 heteroatoms. The van der Waals surface area contributed by atoms with Crippen LogP contribution in [0.25, 0.3) is 0 Å². The van der Waals surface area contributed by atoms with E-state index >= 15 is 0 Å². The van der Waals surface area contributed by atoms with E-state index in [1.807, 2.05) is 0 Å². The molecule has 106 valence electrons. The lowest BCUT2D eigenvalue weighted by molar-refractivity contribution is 0.0663. The van der Waals surface area contributed by atoms with Crippen molar-refractivity contribution in [1.82, 2.24) is 14.3 Å². The van der Waals surface area contributed by atoms with Gasteiger partial charge in [-0.05, 0) is 25.8 Å². The molecule has 1 unspecified atom stereocenters. The highest BCUT2D eigenvalue weighted by Gasteiger charge is 2.33. The van der Waals surface area contributed by atoms with E-state index in [0.717, 1.165) is 32.2 Å². The van der Waals surface area contributed by atoms with Gasteiger partial charge in [0.15, 0.2) is 0 Å². The lowest BCUT2D eigenvalue weighted by Gasteiger charge is -2.25. The normalized spacial score (nSPS) is 31.4. The van der Waals surface area contributed by atoms with E-state index in [1.165, 1.54) is 4.31 Å². The SMILES string of the molecule is O=S(=O)(NCC1(O)CCNC1)N1CCCCCC1. The number of β-amino-alcohol motifs (C(OH)–C–C–N with tert-alkyl or cyclic N) is 1. The van der Waals surface area contributed by atoms with Crippen molar-refractivity contribution in [2.45, 2.75) is 37.7 Å². The van der Waals surface area contributed by atoms with Crippen LogP contribution in [0.15, 0.2) is 0 Å². The third kappa shape index (κ3) is 3.64. The summed E-state index contributed by atoms with van der Waals surface area (Å²) in [6, 6.07) is 0. The van der Waals surface area contributed by atoms with Gasteiger partial charge < -0.3 is 10.4 Å². The number of nitrogens with zero attached hydrogens (tertiary/aromatic N) is 1. The molecular formula is C11H23N3O3S. The zero-order valence-corrected chi connectivity index (χ0v) is 11.5. The first-order valence-corrected chi connectivity index (χ1v) is 8.14. The molecule has 0 aromatic carbocycles. The van der Waals surface area contributed by atoms with Crippen molar-refractivity contribution in [3.05, 3.63) is 0 Å². The molecule has 2 heterocycles. The van der Waals surface area contributed by atoms with Gasteiger partial charge in [0.25, 0.3) is 10.2 Å². The predicted octanol–water partition coefficient (Wildman–Crippen LogP) is -0.579. The minimum Gasteiger partial charge on any atom is -0.387 e. The third-order valence-electron chi connectivity index (χ3n) is 3.71. The Morgan fingerprint density at radius 1 is 1.22 bits per heavy atom. The second kappa shape index (κ2) is 5.83. The summed E-state index contributed by atoms with van der Waals surface area (Å²) in [5, 5.41) is 13.1. The predicted molar refractivity (Wildman–Crippen MR) is 69.4 cm³/mol.